The molecule has 0 saturated carbocycles. The van der Waals surface area contributed by atoms with Crippen LogP contribution in [-0.2, 0) is 16.6 Å². The number of nitrogens with zero attached hydrogens (tertiary/aromatic N) is 4. The van der Waals surface area contributed by atoms with Gasteiger partial charge in [0.1, 0.15) is 0 Å². The van der Waals surface area contributed by atoms with E-state index in [0.29, 0.717) is 30.2 Å². The van der Waals surface area contributed by atoms with Crippen LogP contribution in [0.3, 0.4) is 0 Å². The van der Waals surface area contributed by atoms with Crippen LogP contribution in [-0.4, -0.2) is 59.9 Å². The molecule has 8 heteroatoms. The number of halogens is 1. The van der Waals surface area contributed by atoms with Crippen molar-refractivity contribution in [2.45, 2.75) is 25.5 Å². The lowest BCUT2D eigenvalue weighted by Crippen LogP contribution is -2.44. The second kappa shape index (κ2) is 6.39. The molecule has 0 unspecified atom stereocenters. The van der Waals surface area contributed by atoms with Gasteiger partial charge in [0.05, 0.1) is 11.0 Å². The van der Waals surface area contributed by atoms with Crippen molar-refractivity contribution >= 4 is 32.7 Å². The van der Waals surface area contributed by atoms with Crippen molar-refractivity contribution in [2.75, 3.05) is 32.7 Å². The maximum Gasteiger partial charge on any atom is 0.277 e. The zero-order valence-corrected chi connectivity index (χ0v) is 14.9. The molecule has 0 radical (unpaired) electrons. The van der Waals surface area contributed by atoms with E-state index >= 15 is 0 Å². The van der Waals surface area contributed by atoms with Gasteiger partial charge in [-0.3, -0.25) is 0 Å². The minimum atomic E-state index is -3.55. The Labute approximate surface area is 141 Å². The number of hydrogen-bond donors (Lipinski definition) is 0. The van der Waals surface area contributed by atoms with Gasteiger partial charge in [-0.2, -0.15) is 4.31 Å². The number of likely N-dealkylation sites (N-methyl/N-ethyl adjacent to an activating group) is 1. The molecule has 0 N–H and O–H groups in total. The van der Waals surface area contributed by atoms with Crippen LogP contribution in [0.5, 0.6) is 0 Å². The van der Waals surface area contributed by atoms with Crippen LogP contribution in [0.2, 0.25) is 5.02 Å². The third-order valence-corrected chi connectivity index (χ3v) is 6.43. The molecule has 0 bridgehead atoms. The molecule has 1 aliphatic rings. The van der Waals surface area contributed by atoms with Crippen LogP contribution in [0.25, 0.3) is 11.0 Å². The fourth-order valence-electron chi connectivity index (χ4n) is 2.97. The summed E-state index contributed by atoms with van der Waals surface area (Å²) in [6.07, 6.45) is 0. The van der Waals surface area contributed by atoms with Gasteiger partial charge in [-0.25, -0.2) is 13.4 Å². The first-order valence-electron chi connectivity index (χ1n) is 7.85. The van der Waals surface area contributed by atoms with Crippen molar-refractivity contribution in [3.05, 3.63) is 23.2 Å². The van der Waals surface area contributed by atoms with E-state index in [0.717, 1.165) is 25.2 Å². The zero-order chi connectivity index (χ0) is 16.6. The summed E-state index contributed by atoms with van der Waals surface area (Å²) < 4.78 is 29.0. The van der Waals surface area contributed by atoms with Crippen molar-refractivity contribution in [3.63, 3.8) is 0 Å². The molecule has 0 saturated heterocycles. The second-order valence-electron chi connectivity index (χ2n) is 5.61. The number of rotatable bonds is 5. The summed E-state index contributed by atoms with van der Waals surface area (Å²) in [5, 5.41) is 0.685. The normalized spacial score (nSPS) is 17.7. The molecule has 1 aromatic heterocycles. The highest BCUT2D eigenvalue weighted by Crippen LogP contribution is 2.27. The fourth-order valence-corrected chi connectivity index (χ4v) is 4.69. The summed E-state index contributed by atoms with van der Waals surface area (Å²) in [4.78, 5) is 6.53. The average Bonchev–Trinajstić information content (AvgIpc) is 2.89. The first-order chi connectivity index (χ1) is 11.0. The van der Waals surface area contributed by atoms with Crippen LogP contribution in [0.4, 0.5) is 0 Å². The highest BCUT2D eigenvalue weighted by atomic mass is 35.5. The predicted octanol–water partition coefficient (Wildman–Crippen LogP) is 2.04. The number of sulfonamides is 1. The van der Waals surface area contributed by atoms with Gasteiger partial charge in [0.15, 0.2) is 0 Å². The summed E-state index contributed by atoms with van der Waals surface area (Å²) >= 11 is 5.98. The maximum absolute atomic E-state index is 12.8. The Kier molecular flexibility index (Phi) is 4.64. The predicted molar refractivity (Wildman–Crippen MR) is 91.3 cm³/mol. The van der Waals surface area contributed by atoms with E-state index in [1.807, 2.05) is 6.07 Å². The lowest BCUT2D eigenvalue weighted by atomic mass is 10.3. The lowest BCUT2D eigenvalue weighted by Gasteiger charge is -2.29. The Morgan fingerprint density at radius 1 is 1.26 bits per heavy atom. The number of hydrogen-bond acceptors (Lipinski definition) is 4. The molecule has 0 fully saturated rings. The minimum absolute atomic E-state index is 0.126. The molecule has 2 aromatic rings. The Bertz CT molecular complexity index is 814. The molecule has 6 nitrogen and oxygen atoms in total. The third-order valence-electron chi connectivity index (χ3n) is 4.38. The molecule has 0 atom stereocenters. The molecule has 1 aliphatic heterocycles. The van der Waals surface area contributed by atoms with E-state index < -0.39 is 10.0 Å². The number of benzene rings is 1. The number of fused-ring (bicyclic) bond motifs is 3. The standard InChI is InChI=1S/C15H21ClN4O2S/c1-3-18(4-2)7-8-19-9-10-20-14-6-5-12(16)11-13(14)17-15(20)23(19,21)22/h5-6,11H,3-4,7-10H2,1-2H3. The second-order valence-corrected chi connectivity index (χ2v) is 7.88. The van der Waals surface area contributed by atoms with Gasteiger partial charge in [0.25, 0.3) is 10.0 Å². The van der Waals surface area contributed by atoms with Gasteiger partial charge >= 0.3 is 0 Å². The summed E-state index contributed by atoms with van der Waals surface area (Å²) in [6, 6.07) is 5.30. The van der Waals surface area contributed by atoms with E-state index in [9.17, 15) is 8.42 Å². The van der Waals surface area contributed by atoms with Crippen molar-refractivity contribution in [1.29, 1.82) is 0 Å². The third kappa shape index (κ3) is 2.98. The van der Waals surface area contributed by atoms with Crippen LogP contribution in [0.15, 0.2) is 23.4 Å². The molecule has 126 valence electrons. The van der Waals surface area contributed by atoms with E-state index in [2.05, 4.69) is 23.7 Å². The van der Waals surface area contributed by atoms with Crippen molar-refractivity contribution in [3.8, 4) is 0 Å². The molecular formula is C15H21ClN4O2S. The SMILES string of the molecule is CCN(CC)CCN1CCn2c(nc3cc(Cl)ccc32)S1(=O)=O. The fraction of sp³-hybridized carbons (Fsp3) is 0.533. The number of imidazole rings is 1. The summed E-state index contributed by atoms with van der Waals surface area (Å²) in [5.41, 5.74) is 1.44. The van der Waals surface area contributed by atoms with E-state index in [4.69, 9.17) is 11.6 Å². The van der Waals surface area contributed by atoms with E-state index in [1.54, 1.807) is 16.7 Å². The van der Waals surface area contributed by atoms with Gasteiger partial charge in [0.2, 0.25) is 5.16 Å². The van der Waals surface area contributed by atoms with Crippen molar-refractivity contribution in [1.82, 2.24) is 18.8 Å². The summed E-state index contributed by atoms with van der Waals surface area (Å²) in [7, 11) is -3.55. The van der Waals surface area contributed by atoms with Gasteiger partial charge in [-0.1, -0.05) is 25.4 Å². The summed E-state index contributed by atoms with van der Waals surface area (Å²) in [6.45, 7) is 8.32. The van der Waals surface area contributed by atoms with Gasteiger partial charge in [-0.05, 0) is 31.3 Å². The average molecular weight is 357 g/mol. The monoisotopic (exact) mass is 356 g/mol. The minimum Gasteiger partial charge on any atom is -0.312 e. The van der Waals surface area contributed by atoms with E-state index in [-0.39, 0.29) is 5.16 Å². The van der Waals surface area contributed by atoms with Crippen LogP contribution >= 0.6 is 11.6 Å². The maximum atomic E-state index is 12.8. The molecule has 0 aliphatic carbocycles. The topological polar surface area (TPSA) is 58.4 Å². The van der Waals surface area contributed by atoms with Gasteiger partial charge in [-0.15, -0.1) is 0 Å². The Morgan fingerprint density at radius 2 is 2.00 bits per heavy atom. The highest BCUT2D eigenvalue weighted by molar-refractivity contribution is 7.89. The zero-order valence-electron chi connectivity index (χ0n) is 13.4. The van der Waals surface area contributed by atoms with Gasteiger partial charge < -0.3 is 9.47 Å². The number of aromatic nitrogens is 2. The largest absolute Gasteiger partial charge is 0.312 e. The van der Waals surface area contributed by atoms with Crippen LogP contribution < -0.4 is 0 Å². The quantitative estimate of drug-likeness (QED) is 0.822. The smallest absolute Gasteiger partial charge is 0.277 e. The molecule has 23 heavy (non-hydrogen) atoms. The Balaban J connectivity index is 1.92. The lowest BCUT2D eigenvalue weighted by molar-refractivity contribution is 0.260. The van der Waals surface area contributed by atoms with Gasteiger partial charge in [0, 0.05) is 31.2 Å². The Hall–Kier alpha value is -1.15. The van der Waals surface area contributed by atoms with Crippen LogP contribution in [0, 0.1) is 0 Å². The molecule has 0 amide bonds. The first kappa shape index (κ1) is 16.7. The first-order valence-corrected chi connectivity index (χ1v) is 9.67. The molecule has 3 rings (SSSR count). The Morgan fingerprint density at radius 3 is 2.70 bits per heavy atom. The summed E-state index contributed by atoms with van der Waals surface area (Å²) in [5.74, 6) is 0. The van der Waals surface area contributed by atoms with Crippen molar-refractivity contribution in [2.24, 2.45) is 0 Å². The highest BCUT2D eigenvalue weighted by Gasteiger charge is 2.34. The van der Waals surface area contributed by atoms with E-state index in [1.165, 1.54) is 4.31 Å². The molecule has 2 heterocycles. The molecule has 0 spiro atoms. The van der Waals surface area contributed by atoms with Crippen molar-refractivity contribution < 1.29 is 8.42 Å². The molecular weight excluding hydrogens is 336 g/mol. The molecule has 1 aromatic carbocycles. The van der Waals surface area contributed by atoms with Crippen LogP contribution in [0.1, 0.15) is 13.8 Å².